The van der Waals surface area contributed by atoms with E-state index in [1.54, 1.807) is 27.7 Å². The van der Waals surface area contributed by atoms with Gasteiger partial charge in [-0.05, 0) is 17.9 Å². The van der Waals surface area contributed by atoms with Gasteiger partial charge in [-0.2, -0.15) is 15.2 Å². The number of aryl methyl sites for hydroxylation is 1. The molecule has 5 rings (SSSR count). The molecule has 1 aromatic carbocycles. The summed E-state index contributed by atoms with van der Waals surface area (Å²) in [6.07, 6.45) is 7.45. The molecule has 10 heteroatoms. The minimum absolute atomic E-state index is 0.118. The van der Waals surface area contributed by atoms with Crippen LogP contribution in [0.2, 0.25) is 0 Å². The Hall–Kier alpha value is -2.98. The first kappa shape index (κ1) is 20.9. The summed E-state index contributed by atoms with van der Waals surface area (Å²) in [5, 5.41) is 8.59. The van der Waals surface area contributed by atoms with Crippen molar-refractivity contribution in [2.75, 3.05) is 19.0 Å². The summed E-state index contributed by atoms with van der Waals surface area (Å²) >= 11 is 1.44. The van der Waals surface area contributed by atoms with E-state index in [9.17, 15) is 8.78 Å². The maximum absolute atomic E-state index is 14.8. The van der Waals surface area contributed by atoms with Crippen LogP contribution in [0.25, 0.3) is 27.9 Å². The number of fused-ring (bicyclic) bond motifs is 1. The van der Waals surface area contributed by atoms with Gasteiger partial charge < -0.3 is 9.47 Å². The summed E-state index contributed by atoms with van der Waals surface area (Å²) in [5.41, 5.74) is 2.40. The van der Waals surface area contributed by atoms with Crippen LogP contribution in [0.15, 0.2) is 41.8 Å². The fraction of sp³-hybridized carbons (Fsp3) is 0.318. The SMILES string of the molecule is CCSc1cc(F)c(F)c(-c2cnn3cc(-c4cnn(C)c4)c(OC4CCOC4)nc23)c1. The highest BCUT2D eigenvalue weighted by atomic mass is 32.2. The molecule has 0 saturated carbocycles. The quantitative estimate of drug-likeness (QED) is 0.401. The van der Waals surface area contributed by atoms with Crippen LogP contribution in [0.5, 0.6) is 5.88 Å². The van der Waals surface area contributed by atoms with Gasteiger partial charge in [0.1, 0.15) is 6.10 Å². The molecule has 0 amide bonds. The van der Waals surface area contributed by atoms with Crippen LogP contribution in [0, 0.1) is 11.6 Å². The first-order valence-corrected chi connectivity index (χ1v) is 11.3. The molecular weight excluding hydrogens is 436 g/mol. The van der Waals surface area contributed by atoms with Gasteiger partial charge in [0.15, 0.2) is 17.3 Å². The van der Waals surface area contributed by atoms with Crippen molar-refractivity contribution < 1.29 is 18.3 Å². The fourth-order valence-electron chi connectivity index (χ4n) is 3.71. The van der Waals surface area contributed by atoms with Crippen molar-refractivity contribution in [3.05, 3.63) is 48.6 Å². The number of nitrogens with zero attached hydrogens (tertiary/aromatic N) is 5. The largest absolute Gasteiger partial charge is 0.471 e. The van der Waals surface area contributed by atoms with Crippen LogP contribution in [0.1, 0.15) is 13.3 Å². The Balaban J connectivity index is 1.67. The first-order chi connectivity index (χ1) is 15.5. The first-order valence-electron chi connectivity index (χ1n) is 10.3. The lowest BCUT2D eigenvalue weighted by molar-refractivity contribution is 0.138. The zero-order valence-corrected chi connectivity index (χ0v) is 18.4. The van der Waals surface area contributed by atoms with Crippen molar-refractivity contribution in [1.82, 2.24) is 24.4 Å². The Labute approximate surface area is 187 Å². The third-order valence-electron chi connectivity index (χ3n) is 5.24. The molecule has 3 aromatic heterocycles. The van der Waals surface area contributed by atoms with E-state index in [1.807, 2.05) is 20.2 Å². The molecule has 1 aliphatic heterocycles. The predicted molar refractivity (Wildman–Crippen MR) is 117 cm³/mol. The van der Waals surface area contributed by atoms with Crippen molar-refractivity contribution in [1.29, 1.82) is 0 Å². The van der Waals surface area contributed by atoms with Crippen LogP contribution in [-0.2, 0) is 11.8 Å². The summed E-state index contributed by atoms with van der Waals surface area (Å²) < 4.78 is 43.9. The maximum atomic E-state index is 14.8. The lowest BCUT2D eigenvalue weighted by Gasteiger charge is -2.15. The molecule has 1 unspecified atom stereocenters. The van der Waals surface area contributed by atoms with Gasteiger partial charge in [-0.1, -0.05) is 6.92 Å². The standard InChI is InChI=1S/C22H21F2N5O2S/c1-3-32-15-6-16(20(24)19(23)7-15)17-9-26-29-11-18(13-8-25-28(2)10-13)22(27-21(17)29)31-14-4-5-30-12-14/h6-11,14H,3-5,12H2,1-2H3. The van der Waals surface area contributed by atoms with Gasteiger partial charge in [0.2, 0.25) is 5.88 Å². The van der Waals surface area contributed by atoms with Gasteiger partial charge in [0.05, 0.1) is 31.2 Å². The number of hydrogen-bond acceptors (Lipinski definition) is 6. The molecule has 0 bridgehead atoms. The number of hydrogen-bond donors (Lipinski definition) is 0. The summed E-state index contributed by atoms with van der Waals surface area (Å²) in [5.74, 6) is -0.704. The highest BCUT2D eigenvalue weighted by Crippen LogP contribution is 2.35. The van der Waals surface area contributed by atoms with Gasteiger partial charge in [-0.25, -0.2) is 13.3 Å². The summed E-state index contributed by atoms with van der Waals surface area (Å²) in [4.78, 5) is 5.34. The van der Waals surface area contributed by atoms with E-state index in [0.29, 0.717) is 40.8 Å². The highest BCUT2D eigenvalue weighted by Gasteiger charge is 2.24. The zero-order valence-electron chi connectivity index (χ0n) is 17.6. The normalized spacial score (nSPS) is 16.2. The van der Waals surface area contributed by atoms with Gasteiger partial charge in [-0.15, -0.1) is 11.8 Å². The molecular formula is C22H21F2N5O2S. The van der Waals surface area contributed by atoms with Crippen LogP contribution in [0.4, 0.5) is 8.78 Å². The minimum Gasteiger partial charge on any atom is -0.471 e. The van der Waals surface area contributed by atoms with E-state index >= 15 is 0 Å². The van der Waals surface area contributed by atoms with E-state index in [-0.39, 0.29) is 11.7 Å². The van der Waals surface area contributed by atoms with Crippen LogP contribution in [0.3, 0.4) is 0 Å². The molecule has 1 atom stereocenters. The van der Waals surface area contributed by atoms with E-state index in [1.165, 1.54) is 24.0 Å². The molecule has 1 saturated heterocycles. The third kappa shape index (κ3) is 3.84. The second kappa shape index (κ2) is 8.51. The molecule has 166 valence electrons. The Morgan fingerprint density at radius 1 is 1.16 bits per heavy atom. The summed E-state index contributed by atoms with van der Waals surface area (Å²) in [7, 11) is 1.82. The fourth-order valence-corrected chi connectivity index (χ4v) is 4.43. The van der Waals surface area contributed by atoms with Crippen LogP contribution >= 0.6 is 11.8 Å². The Kier molecular flexibility index (Phi) is 5.56. The predicted octanol–water partition coefficient (Wildman–Crippen LogP) is 4.35. The van der Waals surface area contributed by atoms with Crippen LogP contribution in [-0.4, -0.2) is 49.4 Å². The Bertz CT molecular complexity index is 1280. The van der Waals surface area contributed by atoms with Gasteiger partial charge in [0, 0.05) is 47.4 Å². The molecule has 0 N–H and O–H groups in total. The van der Waals surface area contributed by atoms with E-state index in [2.05, 4.69) is 10.2 Å². The second-order valence-corrected chi connectivity index (χ2v) is 8.83. The molecule has 0 spiro atoms. The number of rotatable bonds is 6. The molecule has 4 aromatic rings. The number of halogens is 2. The van der Waals surface area contributed by atoms with Crippen LogP contribution < -0.4 is 4.74 Å². The number of aromatic nitrogens is 5. The smallest absolute Gasteiger partial charge is 0.225 e. The zero-order chi connectivity index (χ0) is 22.2. The molecule has 0 aliphatic carbocycles. The number of thioether (sulfide) groups is 1. The van der Waals surface area contributed by atoms with Crippen molar-refractivity contribution >= 4 is 17.4 Å². The topological polar surface area (TPSA) is 66.5 Å². The summed E-state index contributed by atoms with van der Waals surface area (Å²) in [6.45, 7) is 3.06. The molecule has 0 radical (unpaired) electrons. The number of benzene rings is 1. The van der Waals surface area contributed by atoms with Gasteiger partial charge >= 0.3 is 0 Å². The second-order valence-electron chi connectivity index (χ2n) is 7.49. The van der Waals surface area contributed by atoms with E-state index in [0.717, 1.165) is 17.7 Å². The van der Waals surface area contributed by atoms with Gasteiger partial charge in [0.25, 0.3) is 0 Å². The third-order valence-corrected chi connectivity index (χ3v) is 6.10. The lowest BCUT2D eigenvalue weighted by Crippen LogP contribution is -2.17. The van der Waals surface area contributed by atoms with Gasteiger partial charge in [-0.3, -0.25) is 4.68 Å². The monoisotopic (exact) mass is 457 g/mol. The molecule has 32 heavy (non-hydrogen) atoms. The average molecular weight is 458 g/mol. The molecule has 1 fully saturated rings. The summed E-state index contributed by atoms with van der Waals surface area (Å²) in [6, 6.07) is 2.84. The van der Waals surface area contributed by atoms with E-state index < -0.39 is 11.6 Å². The average Bonchev–Trinajstić information content (AvgIpc) is 3.52. The van der Waals surface area contributed by atoms with Crippen molar-refractivity contribution in [3.8, 4) is 28.1 Å². The Morgan fingerprint density at radius 3 is 2.75 bits per heavy atom. The minimum atomic E-state index is -0.926. The van der Waals surface area contributed by atoms with Crippen molar-refractivity contribution in [3.63, 3.8) is 0 Å². The number of ether oxygens (including phenoxy) is 2. The lowest BCUT2D eigenvalue weighted by atomic mass is 10.1. The molecule has 1 aliphatic rings. The molecule has 4 heterocycles. The van der Waals surface area contributed by atoms with E-state index in [4.69, 9.17) is 14.5 Å². The highest BCUT2D eigenvalue weighted by molar-refractivity contribution is 7.99. The van der Waals surface area contributed by atoms with Crippen molar-refractivity contribution in [2.24, 2.45) is 7.05 Å². The maximum Gasteiger partial charge on any atom is 0.225 e. The van der Waals surface area contributed by atoms with Crippen molar-refractivity contribution in [2.45, 2.75) is 24.3 Å². The Morgan fingerprint density at radius 2 is 2.03 bits per heavy atom. The molecule has 7 nitrogen and oxygen atoms in total.